The van der Waals surface area contributed by atoms with E-state index in [9.17, 15) is 18.0 Å². The summed E-state index contributed by atoms with van der Waals surface area (Å²) >= 11 is 0. The van der Waals surface area contributed by atoms with Gasteiger partial charge in [0, 0.05) is 49.2 Å². The summed E-state index contributed by atoms with van der Waals surface area (Å²) in [4.78, 5) is 26.3. The second-order valence-corrected chi connectivity index (χ2v) is 10.9. The molecule has 5 atom stereocenters. The lowest BCUT2D eigenvalue weighted by atomic mass is 9.63. The highest BCUT2D eigenvalue weighted by Gasteiger charge is 2.47. The fraction of sp³-hybridized carbons (Fsp3) is 0.762. The molecule has 1 saturated carbocycles. The van der Waals surface area contributed by atoms with Crippen molar-refractivity contribution in [3.63, 3.8) is 0 Å². The number of fused-ring (bicyclic) bond motifs is 2. The Kier molecular flexibility index (Phi) is 8.61. The summed E-state index contributed by atoms with van der Waals surface area (Å²) in [5.41, 5.74) is 1.46. The van der Waals surface area contributed by atoms with Crippen molar-refractivity contribution in [2.45, 2.75) is 52.0 Å². The minimum Gasteiger partial charge on any atom is -0.478 e. The summed E-state index contributed by atoms with van der Waals surface area (Å²) in [5.74, 6) is 0.416. The Morgan fingerprint density at radius 2 is 1.80 bits per heavy atom. The molecule has 0 bridgehead atoms. The maximum Gasteiger partial charge on any atom is 0.328 e. The van der Waals surface area contributed by atoms with E-state index in [0.29, 0.717) is 35.9 Å². The van der Waals surface area contributed by atoms with E-state index in [-0.39, 0.29) is 5.88 Å². The van der Waals surface area contributed by atoms with Crippen LogP contribution in [0.15, 0.2) is 17.1 Å². The van der Waals surface area contributed by atoms with Gasteiger partial charge < -0.3 is 10.2 Å². The molecule has 2 heterocycles. The van der Waals surface area contributed by atoms with E-state index in [4.69, 9.17) is 15.2 Å². The third kappa shape index (κ3) is 7.19. The number of likely N-dealkylation sites (tertiary alicyclic amines) is 1. The highest BCUT2D eigenvalue weighted by molar-refractivity contribution is 7.90. The smallest absolute Gasteiger partial charge is 0.328 e. The molecule has 30 heavy (non-hydrogen) atoms. The number of carbonyl (C=O) groups is 2. The Bertz CT molecular complexity index is 775. The van der Waals surface area contributed by atoms with Crippen LogP contribution in [0, 0.1) is 23.7 Å². The second kappa shape index (κ2) is 10.5. The van der Waals surface area contributed by atoms with Gasteiger partial charge in [0.2, 0.25) is 0 Å². The second-order valence-electron chi connectivity index (χ2n) is 8.83. The normalized spacial score (nSPS) is 31.3. The van der Waals surface area contributed by atoms with E-state index in [1.807, 2.05) is 0 Å². The summed E-state index contributed by atoms with van der Waals surface area (Å²) in [7, 11) is -2.92. The molecule has 3 aliphatic rings. The third-order valence-corrected chi connectivity index (χ3v) is 7.06. The van der Waals surface area contributed by atoms with E-state index in [2.05, 4.69) is 18.7 Å². The number of aliphatic carboxylic acids is 2. The standard InChI is InChI=1S/C17H30N2O2S.C4H4O4/c1-4-5-14-15-7-6-12(2)18-17(15)8-13-9-19(10-16(13)14)11-22(3,20)21;5-3(6)1-2-4(7)8/h12-16H,4-11H2,1-3H3;1-2H,(H,5,6)(H,7,8)/b;2-1-/t12?,13-,14?,15?,16-;/m1./s1. The van der Waals surface area contributed by atoms with Crippen LogP contribution in [0.3, 0.4) is 0 Å². The Labute approximate surface area is 179 Å². The maximum atomic E-state index is 11.6. The summed E-state index contributed by atoms with van der Waals surface area (Å²) in [6.45, 7) is 6.42. The van der Waals surface area contributed by atoms with Gasteiger partial charge in [-0.2, -0.15) is 0 Å². The molecule has 2 N–H and O–H groups in total. The number of rotatable bonds is 6. The number of aliphatic imine (C=N–C) groups is 1. The third-order valence-electron chi connectivity index (χ3n) is 6.22. The average Bonchev–Trinajstić information content (AvgIpc) is 3.00. The molecule has 1 saturated heterocycles. The minimum absolute atomic E-state index is 0.229. The van der Waals surface area contributed by atoms with Gasteiger partial charge in [-0.05, 0) is 50.4 Å². The summed E-state index contributed by atoms with van der Waals surface area (Å²) in [6.07, 6.45) is 8.58. The number of carboxylic acid groups (broad SMARTS) is 2. The Hall–Kier alpha value is -1.74. The molecule has 9 heteroatoms. The van der Waals surface area contributed by atoms with E-state index in [1.165, 1.54) is 37.7 Å². The van der Waals surface area contributed by atoms with Crippen molar-refractivity contribution < 1.29 is 28.2 Å². The van der Waals surface area contributed by atoms with Gasteiger partial charge in [-0.15, -0.1) is 0 Å². The van der Waals surface area contributed by atoms with Gasteiger partial charge in [0.1, 0.15) is 5.88 Å². The van der Waals surface area contributed by atoms with Gasteiger partial charge >= 0.3 is 11.9 Å². The first-order valence-corrected chi connectivity index (χ1v) is 12.7. The number of nitrogens with zero attached hydrogens (tertiary/aromatic N) is 2. The lowest BCUT2D eigenvalue weighted by Gasteiger charge is -2.43. The lowest BCUT2D eigenvalue weighted by molar-refractivity contribution is -0.134. The van der Waals surface area contributed by atoms with Crippen molar-refractivity contribution in [2.75, 3.05) is 25.2 Å². The van der Waals surface area contributed by atoms with Gasteiger partial charge in [-0.25, -0.2) is 18.0 Å². The number of hydrogen-bond donors (Lipinski definition) is 2. The highest BCUT2D eigenvalue weighted by atomic mass is 32.2. The maximum absolute atomic E-state index is 11.6. The van der Waals surface area contributed by atoms with Crippen molar-refractivity contribution in [1.82, 2.24) is 4.90 Å². The first-order valence-electron chi connectivity index (χ1n) is 10.6. The van der Waals surface area contributed by atoms with Crippen LogP contribution >= 0.6 is 0 Å². The van der Waals surface area contributed by atoms with E-state index >= 15 is 0 Å². The van der Waals surface area contributed by atoms with Crippen LogP contribution in [0.2, 0.25) is 0 Å². The van der Waals surface area contributed by atoms with Gasteiger partial charge in [0.05, 0.1) is 0 Å². The van der Waals surface area contributed by atoms with Crippen LogP contribution in [-0.2, 0) is 19.4 Å². The first-order chi connectivity index (χ1) is 14.0. The minimum atomic E-state index is -2.92. The molecule has 0 aromatic rings. The van der Waals surface area contributed by atoms with E-state index < -0.39 is 21.8 Å². The molecule has 2 fully saturated rings. The number of carboxylic acids is 2. The van der Waals surface area contributed by atoms with Crippen LogP contribution in [0.4, 0.5) is 0 Å². The monoisotopic (exact) mass is 442 g/mol. The number of sulfone groups is 1. The number of hydrogen-bond acceptors (Lipinski definition) is 6. The predicted octanol–water partition coefficient (Wildman–Crippen LogP) is 2.31. The van der Waals surface area contributed by atoms with E-state index in [1.54, 1.807) is 0 Å². The van der Waals surface area contributed by atoms with Crippen molar-refractivity contribution in [3.05, 3.63) is 12.2 Å². The Morgan fingerprint density at radius 3 is 2.33 bits per heavy atom. The molecule has 0 radical (unpaired) electrons. The molecule has 0 spiro atoms. The van der Waals surface area contributed by atoms with Crippen LogP contribution in [-0.4, -0.2) is 72.4 Å². The van der Waals surface area contributed by atoms with Crippen LogP contribution < -0.4 is 0 Å². The van der Waals surface area contributed by atoms with E-state index in [0.717, 1.165) is 25.4 Å². The van der Waals surface area contributed by atoms with Gasteiger partial charge in [-0.1, -0.05) is 13.3 Å². The van der Waals surface area contributed by atoms with Crippen LogP contribution in [0.25, 0.3) is 0 Å². The molecule has 0 aromatic heterocycles. The molecule has 2 aliphatic heterocycles. The van der Waals surface area contributed by atoms with Gasteiger partial charge in [0.25, 0.3) is 0 Å². The zero-order chi connectivity index (χ0) is 22.5. The summed E-state index contributed by atoms with van der Waals surface area (Å²) < 4.78 is 23.3. The van der Waals surface area contributed by atoms with Crippen molar-refractivity contribution in [3.8, 4) is 0 Å². The molecule has 0 amide bonds. The fourth-order valence-corrected chi connectivity index (χ4v) is 6.16. The average molecular weight is 443 g/mol. The molecule has 3 unspecified atom stereocenters. The topological polar surface area (TPSA) is 124 Å². The van der Waals surface area contributed by atoms with Crippen molar-refractivity contribution in [2.24, 2.45) is 28.7 Å². The quantitative estimate of drug-likeness (QED) is 0.605. The molecular weight excluding hydrogens is 408 g/mol. The largest absolute Gasteiger partial charge is 0.478 e. The van der Waals surface area contributed by atoms with Crippen LogP contribution in [0.5, 0.6) is 0 Å². The Balaban J connectivity index is 0.000000343. The zero-order valence-electron chi connectivity index (χ0n) is 18.0. The molecule has 1 aliphatic carbocycles. The van der Waals surface area contributed by atoms with Crippen molar-refractivity contribution >= 4 is 27.5 Å². The highest BCUT2D eigenvalue weighted by Crippen LogP contribution is 2.47. The molecule has 8 nitrogen and oxygen atoms in total. The fourth-order valence-electron chi connectivity index (χ4n) is 5.28. The zero-order valence-corrected chi connectivity index (χ0v) is 18.8. The van der Waals surface area contributed by atoms with Gasteiger partial charge in [-0.3, -0.25) is 9.89 Å². The van der Waals surface area contributed by atoms with Crippen LogP contribution in [0.1, 0.15) is 46.0 Å². The molecule has 3 rings (SSSR count). The molecular formula is C21H34N2O6S. The summed E-state index contributed by atoms with van der Waals surface area (Å²) in [6, 6.07) is 0.485. The van der Waals surface area contributed by atoms with Crippen molar-refractivity contribution in [1.29, 1.82) is 0 Å². The molecule has 170 valence electrons. The summed E-state index contributed by atoms with van der Waals surface area (Å²) in [5, 5.41) is 15.6. The predicted molar refractivity (Wildman–Crippen MR) is 115 cm³/mol. The molecule has 0 aromatic carbocycles. The first kappa shape index (κ1) is 24.5. The lowest BCUT2D eigenvalue weighted by Crippen LogP contribution is -2.42. The SMILES string of the molecule is CCCC1C2CCC(C)N=C2C[C@@H]2CN(CS(C)(=O)=O)C[C@@H]12.O=C(O)/C=C\C(=O)O. The Morgan fingerprint density at radius 1 is 1.17 bits per heavy atom. The van der Waals surface area contributed by atoms with Gasteiger partial charge in [0.15, 0.2) is 9.84 Å².